The van der Waals surface area contributed by atoms with Gasteiger partial charge in [0.25, 0.3) is 0 Å². The van der Waals surface area contributed by atoms with Crippen molar-refractivity contribution < 1.29 is 4.74 Å². The van der Waals surface area contributed by atoms with Crippen molar-refractivity contribution >= 4 is 11.6 Å². The number of hydrogen-bond acceptors (Lipinski definition) is 3. The summed E-state index contributed by atoms with van der Waals surface area (Å²) in [5.74, 6) is 1.49. The van der Waals surface area contributed by atoms with E-state index in [1.54, 1.807) is 7.11 Å². The first-order valence-electron chi connectivity index (χ1n) is 7.48. The third kappa shape index (κ3) is 5.32. The summed E-state index contributed by atoms with van der Waals surface area (Å²) in [4.78, 5) is 6.44. The van der Waals surface area contributed by atoms with Crippen molar-refractivity contribution in [2.45, 2.75) is 19.9 Å². The van der Waals surface area contributed by atoms with Crippen LogP contribution in [-0.2, 0) is 13.0 Å². The maximum absolute atomic E-state index is 5.81. The number of benzene rings is 1. The molecule has 1 atom stereocenters. The van der Waals surface area contributed by atoms with Crippen LogP contribution >= 0.6 is 11.6 Å². The minimum atomic E-state index is 0.540. The molecular weight excluding hydrogens is 296 g/mol. The van der Waals surface area contributed by atoms with Gasteiger partial charge in [-0.15, -0.1) is 0 Å². The zero-order valence-corrected chi connectivity index (χ0v) is 14.2. The largest absolute Gasteiger partial charge is 0.497 e. The molecule has 118 valence electrons. The summed E-state index contributed by atoms with van der Waals surface area (Å²) in [7, 11) is 3.84. The molecule has 0 aliphatic rings. The molecule has 0 N–H and O–H groups in total. The van der Waals surface area contributed by atoms with Gasteiger partial charge in [-0.05, 0) is 48.7 Å². The molecule has 0 amide bonds. The number of aromatic nitrogens is 1. The van der Waals surface area contributed by atoms with Crippen molar-refractivity contribution in [1.29, 1.82) is 0 Å². The smallest absolute Gasteiger partial charge is 0.129 e. The van der Waals surface area contributed by atoms with E-state index in [-0.39, 0.29) is 0 Å². The van der Waals surface area contributed by atoms with Crippen LogP contribution in [0.2, 0.25) is 5.15 Å². The van der Waals surface area contributed by atoms with E-state index in [9.17, 15) is 0 Å². The highest BCUT2D eigenvalue weighted by molar-refractivity contribution is 6.29. The average Bonchev–Trinajstić information content (AvgIpc) is 2.49. The highest BCUT2D eigenvalue weighted by atomic mass is 35.5. The minimum absolute atomic E-state index is 0.540. The van der Waals surface area contributed by atoms with E-state index < -0.39 is 0 Å². The monoisotopic (exact) mass is 318 g/mol. The molecule has 1 heterocycles. The second kappa shape index (κ2) is 8.16. The van der Waals surface area contributed by atoms with Crippen molar-refractivity contribution in [2.75, 3.05) is 20.7 Å². The first-order chi connectivity index (χ1) is 10.6. The highest BCUT2D eigenvalue weighted by Crippen LogP contribution is 2.17. The zero-order chi connectivity index (χ0) is 15.9. The quantitative estimate of drug-likeness (QED) is 0.720. The van der Waals surface area contributed by atoms with Gasteiger partial charge in [0, 0.05) is 19.3 Å². The fourth-order valence-electron chi connectivity index (χ4n) is 2.67. The Kier molecular flexibility index (Phi) is 6.22. The van der Waals surface area contributed by atoms with Crippen LogP contribution in [-0.4, -0.2) is 30.6 Å². The van der Waals surface area contributed by atoms with E-state index in [4.69, 9.17) is 16.3 Å². The maximum Gasteiger partial charge on any atom is 0.129 e. The molecule has 1 unspecified atom stereocenters. The van der Waals surface area contributed by atoms with Gasteiger partial charge in [-0.1, -0.05) is 36.7 Å². The van der Waals surface area contributed by atoms with Crippen LogP contribution < -0.4 is 4.74 Å². The lowest BCUT2D eigenvalue weighted by Crippen LogP contribution is -2.25. The lowest BCUT2D eigenvalue weighted by atomic mass is 10.0. The molecule has 3 nitrogen and oxygen atoms in total. The van der Waals surface area contributed by atoms with Gasteiger partial charge in [0.1, 0.15) is 10.9 Å². The van der Waals surface area contributed by atoms with Gasteiger partial charge >= 0.3 is 0 Å². The Hall–Kier alpha value is -1.58. The van der Waals surface area contributed by atoms with Gasteiger partial charge in [0.2, 0.25) is 0 Å². The Bertz CT molecular complexity index is 586. The summed E-state index contributed by atoms with van der Waals surface area (Å²) < 4.78 is 5.28. The van der Waals surface area contributed by atoms with Gasteiger partial charge < -0.3 is 9.64 Å². The van der Waals surface area contributed by atoms with Crippen LogP contribution in [0.3, 0.4) is 0 Å². The number of hydrogen-bond donors (Lipinski definition) is 0. The maximum atomic E-state index is 5.81. The molecule has 4 heteroatoms. The van der Waals surface area contributed by atoms with E-state index >= 15 is 0 Å². The minimum Gasteiger partial charge on any atom is -0.497 e. The van der Waals surface area contributed by atoms with E-state index in [1.807, 2.05) is 30.5 Å². The van der Waals surface area contributed by atoms with Crippen LogP contribution in [0.1, 0.15) is 18.1 Å². The fourth-order valence-corrected chi connectivity index (χ4v) is 2.79. The van der Waals surface area contributed by atoms with Crippen molar-refractivity contribution in [2.24, 2.45) is 5.92 Å². The lowest BCUT2D eigenvalue weighted by molar-refractivity contribution is 0.277. The SMILES string of the molecule is COc1cccc(CC(C)CN(C)Cc2ccc(Cl)nc2)c1. The molecule has 1 aromatic carbocycles. The molecule has 2 rings (SSSR count). The van der Waals surface area contributed by atoms with Crippen LogP contribution in [0.25, 0.3) is 0 Å². The van der Waals surface area contributed by atoms with E-state index in [0.29, 0.717) is 11.1 Å². The average molecular weight is 319 g/mol. The third-order valence-corrected chi connectivity index (χ3v) is 3.81. The van der Waals surface area contributed by atoms with E-state index in [1.165, 1.54) is 11.1 Å². The highest BCUT2D eigenvalue weighted by Gasteiger charge is 2.09. The summed E-state index contributed by atoms with van der Waals surface area (Å²) in [6.07, 6.45) is 2.88. The number of pyridine rings is 1. The molecule has 0 radical (unpaired) electrons. The van der Waals surface area contributed by atoms with Gasteiger partial charge in [-0.25, -0.2) is 4.98 Å². The Morgan fingerprint density at radius 3 is 2.73 bits per heavy atom. The van der Waals surface area contributed by atoms with Crippen LogP contribution in [0.15, 0.2) is 42.6 Å². The molecule has 2 aromatic rings. The first kappa shape index (κ1) is 16.8. The second-order valence-corrected chi connectivity index (χ2v) is 6.23. The first-order valence-corrected chi connectivity index (χ1v) is 7.86. The fraction of sp³-hybridized carbons (Fsp3) is 0.389. The van der Waals surface area contributed by atoms with E-state index in [2.05, 4.69) is 36.0 Å². The number of methoxy groups -OCH3 is 1. The van der Waals surface area contributed by atoms with Crippen LogP contribution in [0.5, 0.6) is 5.75 Å². The molecule has 0 saturated heterocycles. The Labute approximate surface area is 137 Å². The number of rotatable bonds is 7. The second-order valence-electron chi connectivity index (χ2n) is 5.85. The number of halogens is 1. The molecule has 0 bridgehead atoms. The lowest BCUT2D eigenvalue weighted by Gasteiger charge is -2.21. The van der Waals surface area contributed by atoms with Crippen molar-refractivity contribution in [1.82, 2.24) is 9.88 Å². The summed E-state index contributed by atoms with van der Waals surface area (Å²) in [6.45, 7) is 4.18. The van der Waals surface area contributed by atoms with Crippen LogP contribution in [0.4, 0.5) is 0 Å². The van der Waals surface area contributed by atoms with Crippen molar-refractivity contribution in [3.8, 4) is 5.75 Å². The van der Waals surface area contributed by atoms with E-state index in [0.717, 1.165) is 25.3 Å². The molecule has 0 aliphatic heterocycles. The number of ether oxygens (including phenoxy) is 1. The summed E-state index contributed by atoms with van der Waals surface area (Å²) in [5.41, 5.74) is 2.49. The molecule has 0 fully saturated rings. The Morgan fingerprint density at radius 1 is 1.23 bits per heavy atom. The summed E-state index contributed by atoms with van der Waals surface area (Å²) in [6, 6.07) is 12.2. The molecule has 0 spiro atoms. The number of nitrogens with zero attached hydrogens (tertiary/aromatic N) is 2. The van der Waals surface area contributed by atoms with Gasteiger partial charge in [0.15, 0.2) is 0 Å². The normalized spacial score (nSPS) is 12.4. The van der Waals surface area contributed by atoms with Gasteiger partial charge in [-0.2, -0.15) is 0 Å². The standard InChI is InChI=1S/C18H23ClN2O/c1-14(9-15-5-4-6-17(10-15)22-3)12-21(2)13-16-7-8-18(19)20-11-16/h4-8,10-11,14H,9,12-13H2,1-3H3. The van der Waals surface area contributed by atoms with Crippen molar-refractivity contribution in [3.05, 3.63) is 58.9 Å². The third-order valence-electron chi connectivity index (χ3n) is 3.58. The molecule has 0 aliphatic carbocycles. The Balaban J connectivity index is 1.85. The molecule has 1 aromatic heterocycles. The van der Waals surface area contributed by atoms with Gasteiger partial charge in [0.05, 0.1) is 7.11 Å². The topological polar surface area (TPSA) is 25.4 Å². The predicted octanol–water partition coefficient (Wildman–Crippen LogP) is 4.05. The summed E-state index contributed by atoms with van der Waals surface area (Å²) in [5, 5.41) is 0.540. The predicted molar refractivity (Wildman–Crippen MR) is 91.4 cm³/mol. The molecule has 22 heavy (non-hydrogen) atoms. The molecule has 0 saturated carbocycles. The zero-order valence-electron chi connectivity index (χ0n) is 13.4. The van der Waals surface area contributed by atoms with Gasteiger partial charge in [-0.3, -0.25) is 0 Å². The van der Waals surface area contributed by atoms with Crippen LogP contribution in [0, 0.1) is 5.92 Å². The molecular formula is C18H23ClN2O. The summed E-state index contributed by atoms with van der Waals surface area (Å²) >= 11 is 5.81. The van der Waals surface area contributed by atoms with Crippen molar-refractivity contribution in [3.63, 3.8) is 0 Å². The Morgan fingerprint density at radius 2 is 2.05 bits per heavy atom.